The Kier molecular flexibility index (Phi) is 4.01. The molecule has 100 valence electrons. The first-order valence-corrected chi connectivity index (χ1v) is 7.78. The van der Waals surface area contributed by atoms with Crippen LogP contribution < -0.4 is 4.74 Å². The number of nitrogens with zero attached hydrogens (tertiary/aromatic N) is 2. The molecule has 0 fully saturated rings. The Morgan fingerprint density at radius 1 is 1.21 bits per heavy atom. The quantitative estimate of drug-likeness (QED) is 0.811. The first-order valence-electron chi connectivity index (χ1n) is 5.35. The minimum absolute atomic E-state index is 0.190. The predicted octanol–water partition coefficient (Wildman–Crippen LogP) is 2.41. The van der Waals surface area contributed by atoms with Crippen molar-refractivity contribution in [3.8, 4) is 11.6 Å². The van der Waals surface area contributed by atoms with Gasteiger partial charge in [0.1, 0.15) is 5.75 Å². The molecule has 7 heteroatoms. The van der Waals surface area contributed by atoms with E-state index in [0.717, 1.165) is 6.26 Å². The van der Waals surface area contributed by atoms with Gasteiger partial charge in [0.05, 0.1) is 16.5 Å². The lowest BCUT2D eigenvalue weighted by Crippen LogP contribution is -1.98. The molecule has 0 aliphatic carbocycles. The molecule has 1 aromatic carbocycles. The molecule has 0 spiro atoms. The van der Waals surface area contributed by atoms with Crippen molar-refractivity contribution in [1.29, 1.82) is 0 Å². The third-order valence-corrected chi connectivity index (χ3v) is 3.67. The van der Waals surface area contributed by atoms with Crippen molar-refractivity contribution in [2.24, 2.45) is 0 Å². The molecule has 0 radical (unpaired) electrons. The highest BCUT2D eigenvalue weighted by Gasteiger charge is 2.08. The molecule has 0 atom stereocenters. The summed E-state index contributed by atoms with van der Waals surface area (Å²) < 4.78 is 28.3. The summed E-state index contributed by atoms with van der Waals surface area (Å²) >= 11 is 5.60. The van der Waals surface area contributed by atoms with Crippen LogP contribution in [-0.2, 0) is 15.7 Å². The number of aromatic nitrogens is 2. The van der Waals surface area contributed by atoms with Gasteiger partial charge >= 0.3 is 0 Å². The number of hydrogen-bond acceptors (Lipinski definition) is 5. The van der Waals surface area contributed by atoms with Crippen molar-refractivity contribution in [3.05, 3.63) is 42.1 Å². The maximum absolute atomic E-state index is 11.4. The Labute approximate surface area is 116 Å². The lowest BCUT2D eigenvalue weighted by Gasteiger charge is -2.05. The van der Waals surface area contributed by atoms with E-state index in [2.05, 4.69) is 10.2 Å². The van der Waals surface area contributed by atoms with E-state index in [-0.39, 0.29) is 16.7 Å². The zero-order valence-electron chi connectivity index (χ0n) is 10.1. The second kappa shape index (κ2) is 5.54. The van der Waals surface area contributed by atoms with Crippen LogP contribution in [0.15, 0.2) is 41.3 Å². The van der Waals surface area contributed by atoms with Crippen LogP contribution in [0, 0.1) is 0 Å². The van der Waals surface area contributed by atoms with E-state index < -0.39 is 9.84 Å². The van der Waals surface area contributed by atoms with Gasteiger partial charge in [0.25, 0.3) is 0 Å². The van der Waals surface area contributed by atoms with Gasteiger partial charge in [0, 0.05) is 12.3 Å². The molecule has 0 aliphatic heterocycles. The highest BCUT2D eigenvalue weighted by atomic mass is 35.5. The van der Waals surface area contributed by atoms with E-state index >= 15 is 0 Å². The molecular formula is C12H11ClN2O3S. The molecule has 5 nitrogen and oxygen atoms in total. The van der Waals surface area contributed by atoms with Gasteiger partial charge in [-0.05, 0) is 24.3 Å². The highest BCUT2D eigenvalue weighted by Crippen LogP contribution is 2.22. The number of benzene rings is 1. The highest BCUT2D eigenvalue weighted by molar-refractivity contribution is 7.90. The molecule has 2 aromatic rings. The zero-order valence-corrected chi connectivity index (χ0v) is 11.6. The number of alkyl halides is 1. The van der Waals surface area contributed by atoms with Crippen LogP contribution in [0.3, 0.4) is 0 Å². The van der Waals surface area contributed by atoms with E-state index in [1.54, 1.807) is 24.3 Å². The van der Waals surface area contributed by atoms with Gasteiger partial charge in [-0.1, -0.05) is 6.07 Å². The van der Waals surface area contributed by atoms with Crippen LogP contribution >= 0.6 is 11.6 Å². The van der Waals surface area contributed by atoms with Crippen molar-refractivity contribution in [1.82, 2.24) is 10.2 Å². The molecular weight excluding hydrogens is 288 g/mol. The van der Waals surface area contributed by atoms with Crippen molar-refractivity contribution in [3.63, 3.8) is 0 Å². The van der Waals surface area contributed by atoms with E-state index in [1.165, 1.54) is 12.1 Å². The molecule has 19 heavy (non-hydrogen) atoms. The summed E-state index contributed by atoms with van der Waals surface area (Å²) in [5, 5.41) is 7.67. The average Bonchev–Trinajstić information content (AvgIpc) is 2.39. The van der Waals surface area contributed by atoms with Gasteiger partial charge in [-0.25, -0.2) is 8.42 Å². The summed E-state index contributed by atoms with van der Waals surface area (Å²) in [5.74, 6) is 0.937. The molecule has 0 saturated heterocycles. The van der Waals surface area contributed by atoms with Gasteiger partial charge in [-0.3, -0.25) is 0 Å². The number of halogens is 1. The van der Waals surface area contributed by atoms with Crippen molar-refractivity contribution in [2.45, 2.75) is 10.8 Å². The van der Waals surface area contributed by atoms with Gasteiger partial charge in [0.15, 0.2) is 9.84 Å². The summed E-state index contributed by atoms with van der Waals surface area (Å²) in [4.78, 5) is 0.190. The largest absolute Gasteiger partial charge is 0.437 e. The first kappa shape index (κ1) is 13.8. The fourth-order valence-corrected chi connectivity index (χ4v) is 2.16. The number of hydrogen-bond donors (Lipinski definition) is 0. The fourth-order valence-electron chi connectivity index (χ4n) is 1.36. The third kappa shape index (κ3) is 3.65. The topological polar surface area (TPSA) is 69.2 Å². The maximum atomic E-state index is 11.4. The summed E-state index contributed by atoms with van der Waals surface area (Å²) in [5.41, 5.74) is 0.638. The minimum Gasteiger partial charge on any atom is -0.437 e. The lowest BCUT2D eigenvalue weighted by molar-refractivity contribution is 0.452. The Bertz CT molecular complexity index is 672. The Balaban J connectivity index is 2.23. The third-order valence-electron chi connectivity index (χ3n) is 2.29. The summed E-state index contributed by atoms with van der Waals surface area (Å²) in [7, 11) is -3.26. The lowest BCUT2D eigenvalue weighted by atomic mass is 10.3. The van der Waals surface area contributed by atoms with Crippen LogP contribution in [0.5, 0.6) is 11.6 Å². The van der Waals surface area contributed by atoms with Gasteiger partial charge in [-0.15, -0.1) is 16.7 Å². The molecule has 2 rings (SSSR count). The van der Waals surface area contributed by atoms with Crippen LogP contribution in [0.4, 0.5) is 0 Å². The Morgan fingerprint density at radius 3 is 2.58 bits per heavy atom. The van der Waals surface area contributed by atoms with E-state index in [4.69, 9.17) is 16.3 Å². The molecule has 1 heterocycles. The maximum Gasteiger partial charge on any atom is 0.238 e. The van der Waals surface area contributed by atoms with Gasteiger partial charge in [-0.2, -0.15) is 5.10 Å². The molecule has 0 N–H and O–H groups in total. The second-order valence-electron chi connectivity index (χ2n) is 3.85. The molecule has 0 bridgehead atoms. The molecule has 0 saturated carbocycles. The molecule has 1 aromatic heterocycles. The fraction of sp³-hybridized carbons (Fsp3) is 0.167. The minimum atomic E-state index is -3.26. The number of sulfone groups is 1. The monoisotopic (exact) mass is 298 g/mol. The van der Waals surface area contributed by atoms with E-state index in [1.807, 2.05) is 0 Å². The van der Waals surface area contributed by atoms with Crippen molar-refractivity contribution >= 4 is 21.4 Å². The van der Waals surface area contributed by atoms with Gasteiger partial charge in [0.2, 0.25) is 5.88 Å². The Hall–Kier alpha value is -1.66. The average molecular weight is 299 g/mol. The van der Waals surface area contributed by atoms with E-state index in [9.17, 15) is 8.42 Å². The molecule has 0 aliphatic rings. The van der Waals surface area contributed by atoms with Crippen molar-refractivity contribution < 1.29 is 13.2 Å². The van der Waals surface area contributed by atoms with Crippen LogP contribution in [-0.4, -0.2) is 24.9 Å². The number of ether oxygens (including phenoxy) is 1. The Morgan fingerprint density at radius 2 is 2.00 bits per heavy atom. The number of rotatable bonds is 4. The van der Waals surface area contributed by atoms with Gasteiger partial charge < -0.3 is 4.74 Å². The van der Waals surface area contributed by atoms with Crippen molar-refractivity contribution in [2.75, 3.05) is 6.26 Å². The summed E-state index contributed by atoms with van der Waals surface area (Å²) in [6.45, 7) is 0. The van der Waals surface area contributed by atoms with Crippen LogP contribution in [0.2, 0.25) is 0 Å². The first-order chi connectivity index (χ1) is 8.99. The SMILES string of the molecule is CS(=O)(=O)c1cccc(Oc2ccc(CCl)nn2)c1. The normalized spacial score (nSPS) is 11.3. The smallest absolute Gasteiger partial charge is 0.238 e. The standard InChI is InChI=1S/C12H11ClN2O3S/c1-19(16,17)11-4-2-3-10(7-11)18-12-6-5-9(8-13)14-15-12/h2-7H,8H2,1H3. The zero-order chi connectivity index (χ0) is 13.9. The molecule has 0 unspecified atom stereocenters. The second-order valence-corrected chi connectivity index (χ2v) is 6.13. The van der Waals surface area contributed by atoms with Crippen LogP contribution in [0.1, 0.15) is 5.69 Å². The predicted molar refractivity (Wildman–Crippen MR) is 71.2 cm³/mol. The summed E-state index contributed by atoms with van der Waals surface area (Å²) in [6.07, 6.45) is 1.14. The van der Waals surface area contributed by atoms with Crippen LogP contribution in [0.25, 0.3) is 0 Å². The summed E-state index contributed by atoms with van der Waals surface area (Å²) in [6, 6.07) is 9.50. The molecule has 0 amide bonds. The van der Waals surface area contributed by atoms with E-state index in [0.29, 0.717) is 11.4 Å².